The van der Waals surface area contributed by atoms with Crippen LogP contribution in [0.1, 0.15) is 31.7 Å². The van der Waals surface area contributed by atoms with Crippen molar-refractivity contribution in [3.8, 4) is 0 Å². The summed E-state index contributed by atoms with van der Waals surface area (Å²) in [5.74, 6) is 0.128. The number of nitrogens with zero attached hydrogens (tertiary/aromatic N) is 3. The van der Waals surface area contributed by atoms with E-state index in [-0.39, 0.29) is 23.9 Å². The van der Waals surface area contributed by atoms with Gasteiger partial charge in [0, 0.05) is 12.7 Å². The van der Waals surface area contributed by atoms with Crippen molar-refractivity contribution in [2.24, 2.45) is 0 Å². The van der Waals surface area contributed by atoms with Gasteiger partial charge in [0.15, 0.2) is 0 Å². The van der Waals surface area contributed by atoms with Crippen LogP contribution in [0, 0.1) is 6.92 Å². The quantitative estimate of drug-likeness (QED) is 0.820. The molecule has 1 aromatic heterocycles. The number of anilines is 1. The molecule has 0 radical (unpaired) electrons. The molecular formula is C15H19N3O2. The average Bonchev–Trinajstić information content (AvgIpc) is 2.93. The fourth-order valence-corrected chi connectivity index (χ4v) is 3.25. The number of fused-ring (bicyclic) bond motifs is 1. The summed E-state index contributed by atoms with van der Waals surface area (Å²) in [7, 11) is 0. The first-order chi connectivity index (χ1) is 9.65. The fourth-order valence-electron chi connectivity index (χ4n) is 3.25. The Kier molecular flexibility index (Phi) is 3.20. The van der Waals surface area contributed by atoms with Gasteiger partial charge in [-0.25, -0.2) is 0 Å². The summed E-state index contributed by atoms with van der Waals surface area (Å²) < 4.78 is 0. The molecule has 3 heterocycles. The maximum absolute atomic E-state index is 12.8. The van der Waals surface area contributed by atoms with Crippen LogP contribution in [0.5, 0.6) is 0 Å². The van der Waals surface area contributed by atoms with Crippen molar-refractivity contribution in [2.75, 3.05) is 11.4 Å². The van der Waals surface area contributed by atoms with Gasteiger partial charge in [-0.1, -0.05) is 6.92 Å². The number of carbonyl (C=O) groups excluding carboxylic acids is 2. The zero-order chi connectivity index (χ0) is 14.3. The Morgan fingerprint density at radius 3 is 2.85 bits per heavy atom. The number of hydrogen-bond donors (Lipinski definition) is 0. The average molecular weight is 273 g/mol. The van der Waals surface area contributed by atoms with E-state index in [0.717, 1.165) is 24.1 Å². The Morgan fingerprint density at radius 1 is 1.35 bits per heavy atom. The van der Waals surface area contributed by atoms with Crippen molar-refractivity contribution in [1.29, 1.82) is 0 Å². The van der Waals surface area contributed by atoms with Crippen LogP contribution in [0.15, 0.2) is 18.5 Å². The Bertz CT molecular complexity index is 558. The molecule has 0 spiro atoms. The predicted molar refractivity (Wildman–Crippen MR) is 75.3 cm³/mol. The first kappa shape index (κ1) is 13.1. The first-order valence-corrected chi connectivity index (χ1v) is 7.19. The highest BCUT2D eigenvalue weighted by Crippen LogP contribution is 2.32. The second-order valence-electron chi connectivity index (χ2n) is 5.48. The number of carbonyl (C=O) groups is 2. The lowest BCUT2D eigenvalue weighted by Crippen LogP contribution is -2.63. The summed E-state index contributed by atoms with van der Waals surface area (Å²) in [6.45, 7) is 4.61. The number of hydrogen-bond acceptors (Lipinski definition) is 3. The minimum atomic E-state index is -0.389. The van der Waals surface area contributed by atoms with E-state index < -0.39 is 0 Å². The summed E-state index contributed by atoms with van der Waals surface area (Å²) in [5, 5.41) is 0. The second-order valence-corrected chi connectivity index (χ2v) is 5.48. The Balaban J connectivity index is 2.05. The van der Waals surface area contributed by atoms with Crippen LogP contribution in [0.25, 0.3) is 0 Å². The smallest absolute Gasteiger partial charge is 0.250 e. The molecule has 5 nitrogen and oxygen atoms in total. The van der Waals surface area contributed by atoms with E-state index in [1.165, 1.54) is 0 Å². The number of amides is 2. The Labute approximate surface area is 118 Å². The molecule has 3 rings (SSSR count). The van der Waals surface area contributed by atoms with Crippen molar-refractivity contribution >= 4 is 17.5 Å². The van der Waals surface area contributed by atoms with Crippen molar-refractivity contribution < 1.29 is 9.59 Å². The van der Waals surface area contributed by atoms with Crippen molar-refractivity contribution in [3.63, 3.8) is 0 Å². The zero-order valence-electron chi connectivity index (χ0n) is 11.9. The van der Waals surface area contributed by atoms with Gasteiger partial charge in [0.2, 0.25) is 5.91 Å². The lowest BCUT2D eigenvalue weighted by molar-refractivity contribution is -0.144. The van der Waals surface area contributed by atoms with Crippen LogP contribution >= 0.6 is 0 Å². The number of piperazine rings is 1. The van der Waals surface area contributed by atoms with Crippen molar-refractivity contribution in [1.82, 2.24) is 9.88 Å². The van der Waals surface area contributed by atoms with E-state index in [4.69, 9.17) is 0 Å². The molecular weight excluding hydrogens is 254 g/mol. The third-order valence-electron chi connectivity index (χ3n) is 4.31. The highest BCUT2D eigenvalue weighted by Gasteiger charge is 2.47. The normalized spacial score (nSPS) is 26.1. The molecule has 0 bridgehead atoms. The largest absolute Gasteiger partial charge is 0.329 e. The molecule has 0 N–H and O–H groups in total. The van der Waals surface area contributed by atoms with Gasteiger partial charge in [-0.3, -0.25) is 19.5 Å². The molecule has 5 heteroatoms. The molecule has 20 heavy (non-hydrogen) atoms. The van der Waals surface area contributed by atoms with Gasteiger partial charge in [0.1, 0.15) is 12.1 Å². The highest BCUT2D eigenvalue weighted by atomic mass is 16.2. The molecule has 2 amide bonds. The van der Waals surface area contributed by atoms with Crippen LogP contribution in [-0.4, -0.2) is 40.3 Å². The summed E-state index contributed by atoms with van der Waals surface area (Å²) in [4.78, 5) is 32.9. The number of rotatable bonds is 2. The van der Waals surface area contributed by atoms with Crippen LogP contribution in [0.4, 0.5) is 5.69 Å². The molecule has 2 unspecified atom stereocenters. The van der Waals surface area contributed by atoms with E-state index in [1.807, 2.05) is 19.9 Å². The SMILES string of the molecule is CCC1C(=O)N2CCCC2C(=O)N1c1cnccc1C. The highest BCUT2D eigenvalue weighted by molar-refractivity contribution is 6.08. The maximum Gasteiger partial charge on any atom is 0.250 e. The van der Waals surface area contributed by atoms with Crippen LogP contribution < -0.4 is 4.90 Å². The van der Waals surface area contributed by atoms with Gasteiger partial charge in [0.05, 0.1) is 11.9 Å². The van der Waals surface area contributed by atoms with E-state index in [1.54, 1.807) is 22.2 Å². The van der Waals surface area contributed by atoms with Crippen molar-refractivity contribution in [2.45, 2.75) is 45.2 Å². The summed E-state index contributed by atoms with van der Waals surface area (Å²) >= 11 is 0. The van der Waals surface area contributed by atoms with Crippen LogP contribution in [0.2, 0.25) is 0 Å². The standard InChI is InChI=1S/C15H19N3O2/c1-3-11-14(19)17-8-4-5-12(17)15(20)18(11)13-9-16-7-6-10(13)2/h6-7,9,11-12H,3-5,8H2,1-2H3. The lowest BCUT2D eigenvalue weighted by atomic mass is 10.0. The van der Waals surface area contributed by atoms with E-state index in [0.29, 0.717) is 13.0 Å². The van der Waals surface area contributed by atoms with Crippen LogP contribution in [-0.2, 0) is 9.59 Å². The molecule has 0 saturated carbocycles. The molecule has 2 atom stereocenters. The molecule has 2 fully saturated rings. The maximum atomic E-state index is 12.8. The lowest BCUT2D eigenvalue weighted by Gasteiger charge is -2.42. The Morgan fingerprint density at radius 2 is 2.15 bits per heavy atom. The molecule has 2 aliphatic heterocycles. The second kappa shape index (κ2) is 4.89. The topological polar surface area (TPSA) is 53.5 Å². The first-order valence-electron chi connectivity index (χ1n) is 7.19. The summed E-state index contributed by atoms with van der Waals surface area (Å²) in [5.41, 5.74) is 1.75. The van der Waals surface area contributed by atoms with Gasteiger partial charge < -0.3 is 4.90 Å². The number of pyridine rings is 1. The Hall–Kier alpha value is -1.91. The number of aryl methyl sites for hydroxylation is 1. The van der Waals surface area contributed by atoms with E-state index in [2.05, 4.69) is 4.98 Å². The predicted octanol–water partition coefficient (Wildman–Crippen LogP) is 1.51. The zero-order valence-corrected chi connectivity index (χ0v) is 11.9. The minimum absolute atomic E-state index is 0.0463. The molecule has 2 aliphatic rings. The van der Waals surface area contributed by atoms with Gasteiger partial charge in [-0.15, -0.1) is 0 Å². The molecule has 2 saturated heterocycles. The van der Waals surface area contributed by atoms with Gasteiger partial charge >= 0.3 is 0 Å². The van der Waals surface area contributed by atoms with Gasteiger partial charge in [0.25, 0.3) is 5.91 Å². The van der Waals surface area contributed by atoms with Gasteiger partial charge in [-0.05, 0) is 37.8 Å². The molecule has 0 aromatic carbocycles. The molecule has 1 aromatic rings. The summed E-state index contributed by atoms with van der Waals surface area (Å²) in [6, 6.07) is 1.21. The third-order valence-corrected chi connectivity index (χ3v) is 4.31. The monoisotopic (exact) mass is 273 g/mol. The third kappa shape index (κ3) is 1.80. The summed E-state index contributed by atoms with van der Waals surface area (Å²) in [6.07, 6.45) is 5.71. The minimum Gasteiger partial charge on any atom is -0.329 e. The molecule has 106 valence electrons. The number of aromatic nitrogens is 1. The van der Waals surface area contributed by atoms with E-state index in [9.17, 15) is 9.59 Å². The van der Waals surface area contributed by atoms with Crippen LogP contribution in [0.3, 0.4) is 0 Å². The molecule has 0 aliphatic carbocycles. The fraction of sp³-hybridized carbons (Fsp3) is 0.533. The van der Waals surface area contributed by atoms with Gasteiger partial charge in [-0.2, -0.15) is 0 Å². The van der Waals surface area contributed by atoms with E-state index >= 15 is 0 Å². The van der Waals surface area contributed by atoms with Crippen molar-refractivity contribution in [3.05, 3.63) is 24.0 Å².